The fourth-order valence-electron chi connectivity index (χ4n) is 3.77. The van der Waals surface area contributed by atoms with E-state index in [0.29, 0.717) is 27.2 Å². The molecule has 0 aromatic heterocycles. The van der Waals surface area contributed by atoms with Crippen LogP contribution in [0.25, 0.3) is 6.08 Å². The average Bonchev–Trinajstić information content (AvgIpc) is 2.98. The molecule has 0 bridgehead atoms. The Morgan fingerprint density at radius 1 is 0.976 bits per heavy atom. The Labute approximate surface area is 258 Å². The van der Waals surface area contributed by atoms with Crippen LogP contribution in [-0.4, -0.2) is 20.9 Å². The van der Waals surface area contributed by atoms with E-state index in [2.05, 4.69) is 5.32 Å². The summed E-state index contributed by atoms with van der Waals surface area (Å²) >= 11 is 1.93. The molecule has 0 aliphatic carbocycles. The number of benzene rings is 4. The summed E-state index contributed by atoms with van der Waals surface area (Å²) in [5, 5.41) is 12.4. The summed E-state index contributed by atoms with van der Waals surface area (Å²) < 4.78 is 43.2. The highest BCUT2D eigenvalue weighted by atomic mass is 127. The minimum atomic E-state index is -4.13. The first kappa shape index (κ1) is 30.6. The van der Waals surface area contributed by atoms with Crippen LogP contribution >= 0.6 is 22.6 Å². The summed E-state index contributed by atoms with van der Waals surface area (Å²) in [5.74, 6) is 0.214. The Bertz CT molecular complexity index is 1730. The molecule has 0 radical (unpaired) electrons. The Hall–Kier alpha value is -4.34. The van der Waals surface area contributed by atoms with Crippen molar-refractivity contribution < 1.29 is 26.9 Å². The second kappa shape index (κ2) is 14.0. The van der Waals surface area contributed by atoms with Crippen LogP contribution in [0.15, 0.2) is 101 Å². The van der Waals surface area contributed by atoms with Crippen molar-refractivity contribution in [3.63, 3.8) is 0 Å². The molecule has 4 aromatic carbocycles. The first-order valence-electron chi connectivity index (χ1n) is 12.9. The normalized spacial score (nSPS) is 11.3. The van der Waals surface area contributed by atoms with Crippen LogP contribution < -0.4 is 19.0 Å². The van der Waals surface area contributed by atoms with Gasteiger partial charge >= 0.3 is 10.1 Å². The van der Waals surface area contributed by atoms with Crippen LogP contribution in [0, 0.1) is 21.8 Å². The van der Waals surface area contributed by atoms with Crippen molar-refractivity contribution in [3.8, 4) is 23.3 Å². The number of nitrogens with one attached hydrogen (secondary N) is 1. The summed E-state index contributed by atoms with van der Waals surface area (Å²) in [6.07, 6.45) is 1.40. The summed E-state index contributed by atoms with van der Waals surface area (Å²) in [6.45, 7) is 4.26. The van der Waals surface area contributed by atoms with Crippen molar-refractivity contribution in [1.29, 1.82) is 5.26 Å². The number of carbonyl (C=O) groups is 1. The number of carbonyl (C=O) groups excluding carboxylic acids is 1. The molecule has 0 saturated carbocycles. The molecule has 0 aliphatic heterocycles. The minimum absolute atomic E-state index is 0.00884. The highest BCUT2D eigenvalue weighted by molar-refractivity contribution is 14.1. The van der Waals surface area contributed by atoms with Gasteiger partial charge < -0.3 is 19.0 Å². The van der Waals surface area contributed by atoms with Crippen LogP contribution in [-0.2, 0) is 21.5 Å². The smallest absolute Gasteiger partial charge is 0.339 e. The zero-order chi connectivity index (χ0) is 30.1. The Morgan fingerprint density at radius 3 is 2.31 bits per heavy atom. The van der Waals surface area contributed by atoms with Crippen molar-refractivity contribution in [1.82, 2.24) is 0 Å². The van der Waals surface area contributed by atoms with E-state index in [-0.39, 0.29) is 28.6 Å². The van der Waals surface area contributed by atoms with Gasteiger partial charge in [0.25, 0.3) is 5.91 Å². The van der Waals surface area contributed by atoms with E-state index in [1.807, 2.05) is 65.9 Å². The highest BCUT2D eigenvalue weighted by Gasteiger charge is 2.22. The minimum Gasteiger partial charge on any atom is -0.490 e. The Morgan fingerprint density at radius 2 is 1.67 bits per heavy atom. The molecule has 42 heavy (non-hydrogen) atoms. The molecule has 4 rings (SSSR count). The fourth-order valence-corrected chi connectivity index (χ4v) is 5.61. The van der Waals surface area contributed by atoms with E-state index in [0.717, 1.165) is 11.1 Å². The lowest BCUT2D eigenvalue weighted by Gasteiger charge is -2.15. The van der Waals surface area contributed by atoms with Gasteiger partial charge in [-0.2, -0.15) is 13.7 Å². The number of anilines is 1. The first-order valence-corrected chi connectivity index (χ1v) is 15.3. The van der Waals surface area contributed by atoms with Crippen molar-refractivity contribution in [3.05, 3.63) is 117 Å². The number of hydrogen-bond acceptors (Lipinski definition) is 7. The molecule has 1 N–H and O–H groups in total. The SMILES string of the molecule is CCOc1cc(/C=C(\C#N)C(=O)Nc2ccc(OCc3ccccc3)cc2)cc(I)c1OS(=O)(=O)c1ccc(C)cc1. The van der Waals surface area contributed by atoms with Gasteiger partial charge in [0, 0.05) is 5.69 Å². The number of ether oxygens (including phenoxy) is 2. The van der Waals surface area contributed by atoms with Crippen molar-refractivity contribution >= 4 is 50.4 Å². The highest BCUT2D eigenvalue weighted by Crippen LogP contribution is 2.37. The molecule has 0 spiro atoms. The monoisotopic (exact) mass is 694 g/mol. The van der Waals surface area contributed by atoms with E-state index in [1.165, 1.54) is 24.3 Å². The fraction of sp³-hybridized carbons (Fsp3) is 0.125. The third-order valence-corrected chi connectivity index (χ3v) is 7.91. The maximum atomic E-state index is 12.9. The summed E-state index contributed by atoms with van der Waals surface area (Å²) in [5.41, 5.74) is 2.74. The van der Waals surface area contributed by atoms with E-state index in [4.69, 9.17) is 13.7 Å². The molecule has 0 heterocycles. The van der Waals surface area contributed by atoms with E-state index in [1.54, 1.807) is 49.4 Å². The van der Waals surface area contributed by atoms with Gasteiger partial charge in [-0.05, 0) is 102 Å². The summed E-state index contributed by atoms with van der Waals surface area (Å²) in [7, 11) is -4.13. The number of rotatable bonds is 11. The molecular formula is C32H27IN2O6S. The molecule has 0 aliphatic rings. The lowest BCUT2D eigenvalue weighted by atomic mass is 10.1. The standard InChI is InChI=1S/C32H27IN2O6S/c1-3-39-30-19-24(18-29(33)31(30)41-42(37,38)28-15-9-22(2)10-16-28)17-25(20-34)32(36)35-26-11-13-27(14-12-26)40-21-23-7-5-4-6-8-23/h4-19H,3,21H2,1-2H3,(H,35,36)/b25-17+. The molecule has 1 amide bonds. The third-order valence-electron chi connectivity index (χ3n) is 5.87. The van der Waals surface area contributed by atoms with E-state index >= 15 is 0 Å². The second-order valence-electron chi connectivity index (χ2n) is 9.04. The molecule has 10 heteroatoms. The molecular weight excluding hydrogens is 667 g/mol. The number of halogens is 1. The molecule has 0 fully saturated rings. The van der Waals surface area contributed by atoms with Gasteiger partial charge in [-0.15, -0.1) is 0 Å². The quantitative estimate of drug-likeness (QED) is 0.0787. The average molecular weight is 695 g/mol. The lowest BCUT2D eigenvalue weighted by Crippen LogP contribution is -2.13. The van der Waals surface area contributed by atoms with E-state index < -0.39 is 16.0 Å². The maximum Gasteiger partial charge on any atom is 0.339 e. The van der Waals surface area contributed by atoms with Gasteiger partial charge in [-0.1, -0.05) is 48.0 Å². The zero-order valence-electron chi connectivity index (χ0n) is 22.8. The van der Waals surface area contributed by atoms with Crippen LogP contribution in [0.1, 0.15) is 23.6 Å². The second-order valence-corrected chi connectivity index (χ2v) is 11.7. The number of aryl methyl sites for hydroxylation is 1. The Kier molecular flexibility index (Phi) is 10.2. The number of hydrogen-bond donors (Lipinski definition) is 1. The van der Waals surface area contributed by atoms with Crippen LogP contribution in [0.3, 0.4) is 0 Å². The van der Waals surface area contributed by atoms with Crippen molar-refractivity contribution in [2.24, 2.45) is 0 Å². The molecule has 8 nitrogen and oxygen atoms in total. The van der Waals surface area contributed by atoms with Gasteiger partial charge in [0.15, 0.2) is 11.5 Å². The Balaban J connectivity index is 1.50. The predicted molar refractivity (Wildman–Crippen MR) is 169 cm³/mol. The lowest BCUT2D eigenvalue weighted by molar-refractivity contribution is -0.112. The molecule has 0 saturated heterocycles. The largest absolute Gasteiger partial charge is 0.490 e. The van der Waals surface area contributed by atoms with Gasteiger partial charge in [-0.25, -0.2) is 0 Å². The number of amides is 1. The molecule has 4 aromatic rings. The molecule has 0 atom stereocenters. The zero-order valence-corrected chi connectivity index (χ0v) is 25.8. The molecule has 214 valence electrons. The van der Waals surface area contributed by atoms with Crippen LogP contribution in [0.4, 0.5) is 5.69 Å². The van der Waals surface area contributed by atoms with Gasteiger partial charge in [0.05, 0.1) is 10.2 Å². The number of nitriles is 1. The first-order chi connectivity index (χ1) is 20.2. The number of nitrogens with zero attached hydrogens (tertiary/aromatic N) is 1. The maximum absolute atomic E-state index is 12.9. The van der Waals surface area contributed by atoms with Gasteiger partial charge in [-0.3, -0.25) is 4.79 Å². The molecule has 0 unspecified atom stereocenters. The van der Waals surface area contributed by atoms with Crippen molar-refractivity contribution in [2.75, 3.05) is 11.9 Å². The van der Waals surface area contributed by atoms with Crippen LogP contribution in [0.5, 0.6) is 17.2 Å². The summed E-state index contributed by atoms with van der Waals surface area (Å²) in [6, 6.07) is 27.9. The van der Waals surface area contributed by atoms with Gasteiger partial charge in [0.2, 0.25) is 0 Å². The van der Waals surface area contributed by atoms with Gasteiger partial charge in [0.1, 0.15) is 28.9 Å². The van der Waals surface area contributed by atoms with Crippen molar-refractivity contribution in [2.45, 2.75) is 25.3 Å². The van der Waals surface area contributed by atoms with Crippen LogP contribution in [0.2, 0.25) is 0 Å². The predicted octanol–water partition coefficient (Wildman–Crippen LogP) is 6.89. The summed E-state index contributed by atoms with van der Waals surface area (Å²) in [4.78, 5) is 12.9. The third kappa shape index (κ3) is 8.11. The van der Waals surface area contributed by atoms with E-state index in [9.17, 15) is 18.5 Å². The topological polar surface area (TPSA) is 115 Å².